The minimum Gasteiger partial charge on any atom is -0.480 e. The molecule has 1 saturated heterocycles. The summed E-state index contributed by atoms with van der Waals surface area (Å²) >= 11 is 0. The minimum absolute atomic E-state index is 0.0134. The Balaban J connectivity index is 0.000000251. The number of anilines is 2. The van der Waals surface area contributed by atoms with Gasteiger partial charge in [0.1, 0.15) is 23.1 Å². The molecule has 1 saturated carbocycles. The van der Waals surface area contributed by atoms with Gasteiger partial charge >= 0.3 is 11.9 Å². The Morgan fingerprint density at radius 3 is 2.27 bits per heavy atom. The van der Waals surface area contributed by atoms with Gasteiger partial charge < -0.3 is 36.5 Å². The Hall–Kier alpha value is -4.10. The van der Waals surface area contributed by atoms with Crippen LogP contribution in [0.5, 0.6) is 0 Å². The molecule has 2 fully saturated rings. The lowest BCUT2D eigenvalue weighted by molar-refractivity contribution is -0.138. The minimum atomic E-state index is -1.45. The second kappa shape index (κ2) is 11.8. The van der Waals surface area contributed by atoms with E-state index < -0.39 is 51.7 Å². The number of fused-ring (bicyclic) bond motifs is 1. The first-order valence-electron chi connectivity index (χ1n) is 13.1. The number of nitrogens with zero attached hydrogens (tertiary/aromatic N) is 2. The Morgan fingerprint density at radius 1 is 1.10 bits per heavy atom. The largest absolute Gasteiger partial charge is 0.480 e. The lowest BCUT2D eigenvalue weighted by Crippen LogP contribution is -2.54. The summed E-state index contributed by atoms with van der Waals surface area (Å²) in [5.41, 5.74) is 9.40. The first-order valence-corrected chi connectivity index (χ1v) is 13.1. The van der Waals surface area contributed by atoms with Gasteiger partial charge in [-0.1, -0.05) is 12.1 Å². The number of carbonyl (C=O) groups is 2. The van der Waals surface area contributed by atoms with Gasteiger partial charge in [-0.2, -0.15) is 0 Å². The molecule has 0 amide bonds. The highest BCUT2D eigenvalue weighted by molar-refractivity contribution is 5.99. The molecule has 1 aliphatic heterocycles. The van der Waals surface area contributed by atoms with Gasteiger partial charge in [-0.3, -0.25) is 9.59 Å². The van der Waals surface area contributed by atoms with Crippen LogP contribution in [-0.4, -0.2) is 57.9 Å². The van der Waals surface area contributed by atoms with Crippen molar-refractivity contribution < 1.29 is 33.0 Å². The first-order chi connectivity index (χ1) is 19.3. The van der Waals surface area contributed by atoms with Gasteiger partial charge in [0, 0.05) is 37.4 Å². The van der Waals surface area contributed by atoms with E-state index in [9.17, 15) is 23.9 Å². The number of hydrogen-bond donors (Lipinski definition) is 5. The van der Waals surface area contributed by atoms with Crippen molar-refractivity contribution in [2.24, 2.45) is 5.73 Å². The van der Waals surface area contributed by atoms with Crippen molar-refractivity contribution in [1.82, 2.24) is 9.88 Å². The molecule has 7 N–H and O–H groups in total. The van der Waals surface area contributed by atoms with Crippen molar-refractivity contribution in [1.29, 1.82) is 0 Å². The van der Waals surface area contributed by atoms with E-state index in [0.717, 1.165) is 19.0 Å². The third-order valence-corrected chi connectivity index (χ3v) is 7.07. The summed E-state index contributed by atoms with van der Waals surface area (Å²) < 4.78 is 44.9. The fraction of sp³-hybridized carbons (Fsp3) is 0.393. The molecule has 0 radical (unpaired) electrons. The SMILES string of the molecule is C[C@@H]1CN(c2c(F)c(N)c3c(=O)c(C(=O)O)cn(C4CC4)c3c2F)C[C@H](C)N1.NC(Cc1cccc(F)c1)C(=O)O. The molecular weight excluding hydrogens is 543 g/mol. The van der Waals surface area contributed by atoms with Crippen LogP contribution >= 0.6 is 0 Å². The third-order valence-electron chi connectivity index (χ3n) is 7.07. The van der Waals surface area contributed by atoms with Crippen LogP contribution in [0.3, 0.4) is 0 Å². The molecule has 2 aliphatic rings. The summed E-state index contributed by atoms with van der Waals surface area (Å²) in [6.07, 6.45) is 2.75. The summed E-state index contributed by atoms with van der Waals surface area (Å²) in [5, 5.41) is 20.7. The molecule has 1 aliphatic carbocycles. The molecule has 10 nitrogen and oxygen atoms in total. The third kappa shape index (κ3) is 6.30. The van der Waals surface area contributed by atoms with Crippen molar-refractivity contribution in [2.75, 3.05) is 23.7 Å². The van der Waals surface area contributed by atoms with Gasteiger partial charge in [0.05, 0.1) is 16.6 Å². The fourth-order valence-corrected chi connectivity index (χ4v) is 5.14. The molecule has 220 valence electrons. The highest BCUT2D eigenvalue weighted by Crippen LogP contribution is 2.41. The summed E-state index contributed by atoms with van der Waals surface area (Å²) in [6, 6.07) is 4.68. The quantitative estimate of drug-likeness (QED) is 0.278. The van der Waals surface area contributed by atoms with Crippen LogP contribution in [-0.2, 0) is 11.2 Å². The van der Waals surface area contributed by atoms with Gasteiger partial charge in [-0.15, -0.1) is 0 Å². The van der Waals surface area contributed by atoms with E-state index >= 15 is 8.78 Å². The first kappa shape index (κ1) is 29.9. The van der Waals surface area contributed by atoms with E-state index in [-0.39, 0.29) is 41.6 Å². The van der Waals surface area contributed by atoms with E-state index in [1.54, 1.807) is 11.0 Å². The summed E-state index contributed by atoms with van der Waals surface area (Å²) in [6.45, 7) is 4.60. The summed E-state index contributed by atoms with van der Waals surface area (Å²) in [5.74, 6) is -4.80. The number of aliphatic carboxylic acids is 1. The van der Waals surface area contributed by atoms with Crippen LogP contribution in [0, 0.1) is 17.5 Å². The molecule has 0 spiro atoms. The number of aromatic carboxylic acids is 1. The number of piperazine rings is 1. The van der Waals surface area contributed by atoms with Crippen LogP contribution in [0.2, 0.25) is 0 Å². The fourth-order valence-electron chi connectivity index (χ4n) is 5.14. The average molecular weight is 576 g/mol. The Kier molecular flexibility index (Phi) is 8.59. The van der Waals surface area contributed by atoms with Crippen LogP contribution in [0.4, 0.5) is 24.5 Å². The van der Waals surface area contributed by atoms with Gasteiger partial charge in [0.15, 0.2) is 11.6 Å². The maximum absolute atomic E-state index is 15.6. The number of carboxylic acid groups (broad SMARTS) is 2. The number of nitrogens with one attached hydrogen (secondary N) is 1. The van der Waals surface area contributed by atoms with Crippen LogP contribution < -0.4 is 27.1 Å². The molecule has 2 aromatic carbocycles. The van der Waals surface area contributed by atoms with Gasteiger partial charge in [0.25, 0.3) is 0 Å². The Morgan fingerprint density at radius 2 is 1.73 bits per heavy atom. The van der Waals surface area contributed by atoms with Crippen LogP contribution in [0.15, 0.2) is 35.3 Å². The zero-order valence-corrected chi connectivity index (χ0v) is 22.5. The molecule has 1 aromatic heterocycles. The number of pyridine rings is 1. The summed E-state index contributed by atoms with van der Waals surface area (Å²) in [7, 11) is 0. The van der Waals surface area contributed by atoms with Gasteiger partial charge in [-0.05, 0) is 50.8 Å². The number of nitrogens with two attached hydrogens (primary N) is 2. The van der Waals surface area contributed by atoms with Crippen molar-refractivity contribution in [2.45, 2.75) is 57.3 Å². The van der Waals surface area contributed by atoms with E-state index in [0.29, 0.717) is 18.7 Å². The van der Waals surface area contributed by atoms with E-state index in [1.807, 2.05) is 13.8 Å². The molecule has 1 unspecified atom stereocenters. The predicted molar refractivity (Wildman–Crippen MR) is 148 cm³/mol. The Labute approximate surface area is 233 Å². The molecule has 3 atom stereocenters. The van der Waals surface area contributed by atoms with Crippen molar-refractivity contribution in [3.63, 3.8) is 0 Å². The average Bonchev–Trinajstić information content (AvgIpc) is 3.72. The number of carboxylic acids is 2. The van der Waals surface area contributed by atoms with Gasteiger partial charge in [0.2, 0.25) is 5.43 Å². The molecule has 13 heteroatoms. The predicted octanol–water partition coefficient (Wildman–Crippen LogP) is 2.86. The van der Waals surface area contributed by atoms with E-state index in [2.05, 4.69) is 5.32 Å². The summed E-state index contributed by atoms with van der Waals surface area (Å²) in [4.78, 5) is 36.1. The van der Waals surface area contributed by atoms with E-state index in [4.69, 9.17) is 16.6 Å². The standard InChI is InChI=1S/C19H22F2N4O3.C9H10FNO2/c1-8-5-24(6-9(2)23-8)17-13(20)15(22)12-16(14(17)21)25(10-3-4-10)7-11(18(12)26)19(27)28;10-7-3-1-2-6(4-7)5-8(11)9(12)13/h7-10,23H,3-6,22H2,1-2H3,(H,27,28);1-4,8H,5,11H2,(H,12,13)/t8-,9+;. The zero-order valence-electron chi connectivity index (χ0n) is 22.5. The normalized spacial score (nSPS) is 19.4. The number of aromatic nitrogens is 1. The maximum atomic E-state index is 15.6. The monoisotopic (exact) mass is 575 g/mol. The lowest BCUT2D eigenvalue weighted by Gasteiger charge is -2.38. The smallest absolute Gasteiger partial charge is 0.341 e. The molecule has 3 aromatic rings. The topological polar surface area (TPSA) is 164 Å². The molecule has 0 bridgehead atoms. The number of halogens is 3. The zero-order chi connectivity index (χ0) is 30.2. The molecule has 41 heavy (non-hydrogen) atoms. The molecular formula is C28H32F3N5O5. The van der Waals surface area contributed by atoms with E-state index in [1.165, 1.54) is 22.8 Å². The van der Waals surface area contributed by atoms with Gasteiger partial charge in [-0.25, -0.2) is 18.0 Å². The van der Waals surface area contributed by atoms with Crippen LogP contribution in [0.1, 0.15) is 48.7 Å². The second-order valence-corrected chi connectivity index (χ2v) is 10.6. The lowest BCUT2D eigenvalue weighted by atomic mass is 10.0. The Bertz CT molecular complexity index is 1550. The number of hydrogen-bond acceptors (Lipinski definition) is 7. The number of nitrogen functional groups attached to an aromatic ring is 1. The highest BCUT2D eigenvalue weighted by Gasteiger charge is 2.34. The van der Waals surface area contributed by atoms with Crippen molar-refractivity contribution >= 4 is 34.2 Å². The maximum Gasteiger partial charge on any atom is 0.341 e. The van der Waals surface area contributed by atoms with Crippen molar-refractivity contribution in [3.05, 3.63) is 69.3 Å². The molecule has 2 heterocycles. The highest BCUT2D eigenvalue weighted by atomic mass is 19.1. The molecule has 5 rings (SSSR count). The van der Waals surface area contributed by atoms with Crippen molar-refractivity contribution in [3.8, 4) is 0 Å². The van der Waals surface area contributed by atoms with Crippen LogP contribution in [0.25, 0.3) is 10.9 Å². The number of benzene rings is 2. The number of rotatable bonds is 6. The second-order valence-electron chi connectivity index (χ2n) is 10.6.